The summed E-state index contributed by atoms with van der Waals surface area (Å²) in [5.74, 6) is 1.02. The van der Waals surface area contributed by atoms with Gasteiger partial charge in [0.15, 0.2) is 17.3 Å². The molecule has 2 heterocycles. The topological polar surface area (TPSA) is 89.8 Å². The zero-order valence-corrected chi connectivity index (χ0v) is 17.4. The Morgan fingerprint density at radius 2 is 1.90 bits per heavy atom. The quantitative estimate of drug-likeness (QED) is 0.563. The summed E-state index contributed by atoms with van der Waals surface area (Å²) >= 11 is 0. The fourth-order valence-electron chi connectivity index (χ4n) is 3.47. The molecule has 3 aromatic rings. The Bertz CT molecular complexity index is 1090. The molecule has 160 valence electrons. The first-order valence-electron chi connectivity index (χ1n) is 10.1. The summed E-state index contributed by atoms with van der Waals surface area (Å²) in [6.45, 7) is 4.72. The van der Waals surface area contributed by atoms with Crippen molar-refractivity contribution < 1.29 is 23.5 Å². The Balaban J connectivity index is 1.29. The highest BCUT2D eigenvalue weighted by molar-refractivity contribution is 6.03. The number of furan rings is 1. The molecule has 7 nitrogen and oxygen atoms in total. The summed E-state index contributed by atoms with van der Waals surface area (Å²) in [4.78, 5) is 24.6. The third-order valence-electron chi connectivity index (χ3n) is 4.83. The number of benzene rings is 2. The fourth-order valence-corrected chi connectivity index (χ4v) is 3.47. The van der Waals surface area contributed by atoms with Gasteiger partial charge in [0.05, 0.1) is 12.8 Å². The van der Waals surface area contributed by atoms with Gasteiger partial charge in [-0.3, -0.25) is 9.59 Å². The first-order chi connectivity index (χ1) is 14.9. The molecule has 0 aliphatic carbocycles. The van der Waals surface area contributed by atoms with E-state index in [0.717, 1.165) is 17.7 Å². The van der Waals surface area contributed by atoms with Crippen LogP contribution in [-0.2, 0) is 6.42 Å². The molecule has 0 unspecified atom stereocenters. The van der Waals surface area contributed by atoms with Gasteiger partial charge in [0.2, 0.25) is 0 Å². The minimum Gasteiger partial charge on any atom is -0.488 e. The van der Waals surface area contributed by atoms with Crippen LogP contribution in [0, 0.1) is 0 Å². The van der Waals surface area contributed by atoms with E-state index in [1.54, 1.807) is 36.4 Å². The first kappa shape index (κ1) is 20.5. The zero-order valence-electron chi connectivity index (χ0n) is 17.4. The minimum absolute atomic E-state index is 0.201. The molecule has 0 saturated heterocycles. The number of hydrogen-bond donors (Lipinski definition) is 2. The summed E-state index contributed by atoms with van der Waals surface area (Å²) in [5.41, 5.74) is 1.82. The van der Waals surface area contributed by atoms with E-state index in [9.17, 15) is 9.59 Å². The number of nitrogens with one attached hydrogen (secondary N) is 2. The second-order valence-electron chi connectivity index (χ2n) is 7.90. The van der Waals surface area contributed by atoms with Crippen LogP contribution >= 0.6 is 0 Å². The lowest BCUT2D eigenvalue weighted by Gasteiger charge is -2.18. The van der Waals surface area contributed by atoms with Crippen molar-refractivity contribution in [2.45, 2.75) is 25.9 Å². The molecule has 2 aromatic carbocycles. The Morgan fingerprint density at radius 3 is 2.71 bits per heavy atom. The summed E-state index contributed by atoms with van der Waals surface area (Å²) in [5, 5.41) is 5.53. The smallest absolute Gasteiger partial charge is 0.291 e. The molecule has 2 N–H and O–H groups in total. The van der Waals surface area contributed by atoms with Crippen molar-refractivity contribution in [3.05, 3.63) is 77.7 Å². The molecule has 0 fully saturated rings. The normalized spacial score (nSPS) is 13.7. The zero-order chi connectivity index (χ0) is 21.8. The highest BCUT2D eigenvalue weighted by atomic mass is 16.5. The second-order valence-corrected chi connectivity index (χ2v) is 7.90. The molecular formula is C24H24N2O5. The minimum atomic E-state index is -0.378. The number of fused-ring (bicyclic) bond motifs is 1. The molecule has 2 amide bonds. The lowest BCUT2D eigenvalue weighted by molar-refractivity contribution is 0.0944. The summed E-state index contributed by atoms with van der Waals surface area (Å²) in [6.07, 6.45) is 2.26. The van der Waals surface area contributed by atoms with E-state index >= 15 is 0 Å². The number of hydrogen-bond acceptors (Lipinski definition) is 5. The molecule has 1 aromatic heterocycles. The van der Waals surface area contributed by atoms with Crippen molar-refractivity contribution >= 4 is 17.5 Å². The van der Waals surface area contributed by atoms with Gasteiger partial charge in [0.1, 0.15) is 12.2 Å². The Hall–Kier alpha value is -3.74. The van der Waals surface area contributed by atoms with Gasteiger partial charge in [-0.1, -0.05) is 18.2 Å². The second kappa shape index (κ2) is 8.55. The average Bonchev–Trinajstić information content (AvgIpc) is 3.38. The van der Waals surface area contributed by atoms with Crippen LogP contribution in [0.5, 0.6) is 11.5 Å². The molecule has 0 radical (unpaired) electrons. The molecule has 0 saturated carbocycles. The average molecular weight is 420 g/mol. The van der Waals surface area contributed by atoms with E-state index in [4.69, 9.17) is 13.9 Å². The number of amides is 2. The van der Waals surface area contributed by atoms with Crippen molar-refractivity contribution in [2.24, 2.45) is 0 Å². The van der Waals surface area contributed by atoms with Crippen molar-refractivity contribution in [3.63, 3.8) is 0 Å². The molecular weight excluding hydrogens is 396 g/mol. The van der Waals surface area contributed by atoms with Crippen molar-refractivity contribution in [1.29, 1.82) is 0 Å². The predicted molar refractivity (Wildman–Crippen MR) is 116 cm³/mol. The van der Waals surface area contributed by atoms with Gasteiger partial charge in [-0.25, -0.2) is 0 Å². The van der Waals surface area contributed by atoms with Crippen LogP contribution in [0.2, 0.25) is 0 Å². The number of carbonyl (C=O) groups is 2. The van der Waals surface area contributed by atoms with E-state index in [1.807, 2.05) is 32.0 Å². The van der Waals surface area contributed by atoms with Crippen LogP contribution in [-0.4, -0.2) is 30.6 Å². The summed E-state index contributed by atoms with van der Waals surface area (Å²) < 4.78 is 16.9. The van der Waals surface area contributed by atoms with Gasteiger partial charge >= 0.3 is 0 Å². The van der Waals surface area contributed by atoms with Crippen LogP contribution in [0.1, 0.15) is 40.3 Å². The van der Waals surface area contributed by atoms with Crippen molar-refractivity contribution in [3.8, 4) is 11.5 Å². The van der Waals surface area contributed by atoms with E-state index in [0.29, 0.717) is 30.2 Å². The van der Waals surface area contributed by atoms with E-state index in [2.05, 4.69) is 10.6 Å². The molecule has 4 rings (SSSR count). The monoisotopic (exact) mass is 420 g/mol. The maximum Gasteiger partial charge on any atom is 0.291 e. The third kappa shape index (κ3) is 4.88. The number of rotatable bonds is 7. The van der Waals surface area contributed by atoms with E-state index in [-0.39, 0.29) is 23.2 Å². The summed E-state index contributed by atoms with van der Waals surface area (Å²) in [6, 6.07) is 15.8. The Morgan fingerprint density at radius 1 is 1.06 bits per heavy atom. The lowest BCUT2D eigenvalue weighted by atomic mass is 10.0. The van der Waals surface area contributed by atoms with Crippen LogP contribution in [0.25, 0.3) is 0 Å². The Kier molecular flexibility index (Phi) is 5.66. The van der Waals surface area contributed by atoms with Crippen molar-refractivity contribution in [2.75, 3.05) is 18.5 Å². The largest absolute Gasteiger partial charge is 0.488 e. The SMILES string of the molecule is CC1(C)Cc2cccc(OCCNC(=O)c3cccc(NC(=O)c4ccco4)c3)c2O1. The highest BCUT2D eigenvalue weighted by Crippen LogP contribution is 2.41. The molecule has 7 heteroatoms. The first-order valence-corrected chi connectivity index (χ1v) is 10.1. The Labute approximate surface area is 180 Å². The van der Waals surface area contributed by atoms with Gasteiger partial charge in [-0.05, 0) is 50.2 Å². The summed E-state index contributed by atoms with van der Waals surface area (Å²) in [7, 11) is 0. The maximum absolute atomic E-state index is 12.5. The van der Waals surface area contributed by atoms with Gasteiger partial charge in [0, 0.05) is 23.2 Å². The molecule has 0 bridgehead atoms. The van der Waals surface area contributed by atoms with Gasteiger partial charge < -0.3 is 24.5 Å². The molecule has 31 heavy (non-hydrogen) atoms. The van der Waals surface area contributed by atoms with Crippen LogP contribution in [0.4, 0.5) is 5.69 Å². The number of ether oxygens (including phenoxy) is 2. The lowest BCUT2D eigenvalue weighted by Crippen LogP contribution is -2.28. The van der Waals surface area contributed by atoms with E-state index in [1.165, 1.54) is 6.26 Å². The molecule has 0 atom stereocenters. The maximum atomic E-state index is 12.5. The predicted octanol–water partition coefficient (Wildman–Crippen LogP) is 4.05. The molecule has 0 spiro atoms. The number of anilines is 1. The van der Waals surface area contributed by atoms with Crippen LogP contribution < -0.4 is 20.1 Å². The van der Waals surface area contributed by atoms with Crippen LogP contribution in [0.15, 0.2) is 65.3 Å². The fraction of sp³-hybridized carbons (Fsp3) is 0.250. The number of para-hydroxylation sites is 1. The standard InChI is InChI=1S/C24H24N2O5/c1-24(2)15-17-7-4-9-19(21(17)31-24)30-13-11-25-22(27)16-6-3-8-18(14-16)26-23(28)20-10-5-12-29-20/h3-10,12,14H,11,13,15H2,1-2H3,(H,25,27)(H,26,28). The van der Waals surface area contributed by atoms with Crippen LogP contribution in [0.3, 0.4) is 0 Å². The van der Waals surface area contributed by atoms with Crippen molar-refractivity contribution in [1.82, 2.24) is 5.32 Å². The third-order valence-corrected chi connectivity index (χ3v) is 4.83. The van der Waals surface area contributed by atoms with E-state index < -0.39 is 0 Å². The highest BCUT2D eigenvalue weighted by Gasteiger charge is 2.32. The number of carbonyl (C=O) groups excluding carboxylic acids is 2. The molecule has 1 aliphatic rings. The van der Waals surface area contributed by atoms with Gasteiger partial charge in [-0.2, -0.15) is 0 Å². The molecule has 1 aliphatic heterocycles. The van der Waals surface area contributed by atoms with Gasteiger partial charge in [-0.15, -0.1) is 0 Å². The van der Waals surface area contributed by atoms with Gasteiger partial charge in [0.25, 0.3) is 11.8 Å².